The summed E-state index contributed by atoms with van der Waals surface area (Å²) in [5, 5.41) is 1.63. The van der Waals surface area contributed by atoms with E-state index in [9.17, 15) is 14.0 Å². The normalized spacial score (nSPS) is 20.9. The third-order valence-electron chi connectivity index (χ3n) is 6.58. The lowest BCUT2D eigenvalue weighted by Crippen LogP contribution is -2.37. The van der Waals surface area contributed by atoms with E-state index in [1.807, 2.05) is 55.5 Å². The molecule has 7 nitrogen and oxygen atoms in total. The van der Waals surface area contributed by atoms with Gasteiger partial charge in [0, 0.05) is 0 Å². The number of amides is 2. The van der Waals surface area contributed by atoms with Crippen molar-refractivity contribution in [2.45, 2.75) is 38.8 Å². The third kappa shape index (κ3) is 4.64. The summed E-state index contributed by atoms with van der Waals surface area (Å²) in [7, 11) is 0. The van der Waals surface area contributed by atoms with Gasteiger partial charge in [0.15, 0.2) is 17.6 Å². The minimum Gasteiger partial charge on any atom is -0.490 e. The summed E-state index contributed by atoms with van der Waals surface area (Å²) < 4.78 is 25.3. The Kier molecular flexibility index (Phi) is 7.10. The van der Waals surface area contributed by atoms with Gasteiger partial charge in [0.2, 0.25) is 5.91 Å². The van der Waals surface area contributed by atoms with Crippen molar-refractivity contribution in [3.8, 4) is 11.5 Å². The van der Waals surface area contributed by atoms with Crippen LogP contribution in [0.3, 0.4) is 0 Å². The maximum Gasteiger partial charge on any atom is 0.266 e. The number of rotatable bonds is 9. The fraction of sp³-hybridized carbons (Fsp3) is 0.310. The number of hydrogen-bond donors (Lipinski definition) is 0. The number of hydrogen-bond acceptors (Lipinski definition) is 6. The van der Waals surface area contributed by atoms with Gasteiger partial charge in [-0.1, -0.05) is 37.6 Å². The van der Waals surface area contributed by atoms with Gasteiger partial charge in [0.05, 0.1) is 30.6 Å². The van der Waals surface area contributed by atoms with E-state index in [1.54, 1.807) is 5.06 Å². The molecule has 0 bridgehead atoms. The third-order valence-corrected chi connectivity index (χ3v) is 6.58. The van der Waals surface area contributed by atoms with Crippen molar-refractivity contribution in [3.05, 3.63) is 84.2 Å². The SMILES string of the molecule is CCCCOc1ccc([C@@H]2[C@H]3C(=O)N(c4ccc(F)cc4)C(=O)[C@@H]3ON2c2ccccc2)cc1OCC. The van der Waals surface area contributed by atoms with Crippen LogP contribution in [-0.2, 0) is 14.4 Å². The summed E-state index contributed by atoms with van der Waals surface area (Å²) in [6.45, 7) is 5.01. The average Bonchev–Trinajstić information content (AvgIpc) is 3.42. The van der Waals surface area contributed by atoms with E-state index in [0.717, 1.165) is 29.0 Å². The molecule has 37 heavy (non-hydrogen) atoms. The molecule has 0 unspecified atom stereocenters. The summed E-state index contributed by atoms with van der Waals surface area (Å²) in [5.41, 5.74) is 1.79. The Morgan fingerprint density at radius 2 is 1.62 bits per heavy atom. The van der Waals surface area contributed by atoms with E-state index >= 15 is 0 Å². The predicted octanol–water partition coefficient (Wildman–Crippen LogP) is 5.45. The number of benzene rings is 3. The Balaban J connectivity index is 1.55. The number of carbonyl (C=O) groups is 2. The molecular formula is C29H29FN2O5. The second-order valence-electron chi connectivity index (χ2n) is 8.99. The quantitative estimate of drug-likeness (QED) is 0.285. The number of unbranched alkanes of at least 4 members (excludes halogenated alkanes) is 1. The highest BCUT2D eigenvalue weighted by Crippen LogP contribution is 2.48. The predicted molar refractivity (Wildman–Crippen MR) is 137 cm³/mol. The van der Waals surface area contributed by atoms with Crippen LogP contribution < -0.4 is 19.4 Å². The number of para-hydroxylation sites is 1. The van der Waals surface area contributed by atoms with Gasteiger partial charge in [-0.05, 0) is 67.4 Å². The highest BCUT2D eigenvalue weighted by molar-refractivity contribution is 6.23. The molecule has 0 N–H and O–H groups in total. The van der Waals surface area contributed by atoms with Crippen LogP contribution in [0.2, 0.25) is 0 Å². The van der Waals surface area contributed by atoms with Crippen LogP contribution in [0.25, 0.3) is 0 Å². The molecule has 3 aromatic rings. The molecule has 2 heterocycles. The van der Waals surface area contributed by atoms with Crippen LogP contribution in [0.1, 0.15) is 38.3 Å². The zero-order chi connectivity index (χ0) is 25.9. The minimum atomic E-state index is -1.02. The molecule has 8 heteroatoms. The molecule has 3 atom stereocenters. The molecule has 2 aliphatic rings. The second-order valence-corrected chi connectivity index (χ2v) is 8.99. The molecule has 5 rings (SSSR count). The van der Waals surface area contributed by atoms with Gasteiger partial charge in [-0.3, -0.25) is 14.4 Å². The van der Waals surface area contributed by atoms with E-state index in [4.69, 9.17) is 14.3 Å². The molecule has 0 saturated carbocycles. The van der Waals surface area contributed by atoms with E-state index in [1.165, 1.54) is 24.3 Å². The van der Waals surface area contributed by atoms with Crippen molar-refractivity contribution in [2.24, 2.45) is 5.92 Å². The van der Waals surface area contributed by atoms with Gasteiger partial charge in [0.1, 0.15) is 11.7 Å². The van der Waals surface area contributed by atoms with Crippen molar-refractivity contribution in [1.82, 2.24) is 0 Å². The first-order chi connectivity index (χ1) is 18.0. The van der Waals surface area contributed by atoms with Crippen molar-refractivity contribution in [1.29, 1.82) is 0 Å². The van der Waals surface area contributed by atoms with Gasteiger partial charge in [-0.2, -0.15) is 0 Å². The molecule has 0 radical (unpaired) electrons. The lowest BCUT2D eigenvalue weighted by molar-refractivity contribution is -0.126. The highest BCUT2D eigenvalue weighted by atomic mass is 19.1. The fourth-order valence-corrected chi connectivity index (χ4v) is 4.82. The van der Waals surface area contributed by atoms with Crippen LogP contribution in [-0.4, -0.2) is 31.1 Å². The van der Waals surface area contributed by atoms with Crippen molar-refractivity contribution in [2.75, 3.05) is 23.2 Å². The number of ether oxygens (including phenoxy) is 2. The molecule has 0 aliphatic carbocycles. The molecule has 0 spiro atoms. The van der Waals surface area contributed by atoms with E-state index in [2.05, 4.69) is 6.92 Å². The Bertz CT molecular complexity index is 1270. The summed E-state index contributed by atoms with van der Waals surface area (Å²) in [4.78, 5) is 34.4. The largest absolute Gasteiger partial charge is 0.490 e. The van der Waals surface area contributed by atoms with Gasteiger partial charge < -0.3 is 9.47 Å². The number of anilines is 2. The van der Waals surface area contributed by atoms with Crippen LogP contribution in [0.15, 0.2) is 72.8 Å². The van der Waals surface area contributed by atoms with Crippen molar-refractivity contribution in [3.63, 3.8) is 0 Å². The summed E-state index contributed by atoms with van der Waals surface area (Å²) >= 11 is 0. The van der Waals surface area contributed by atoms with Crippen LogP contribution in [0, 0.1) is 11.7 Å². The molecule has 2 saturated heterocycles. The molecule has 192 valence electrons. The Morgan fingerprint density at radius 1 is 0.865 bits per heavy atom. The minimum absolute atomic E-state index is 0.314. The fourth-order valence-electron chi connectivity index (χ4n) is 4.82. The highest BCUT2D eigenvalue weighted by Gasteiger charge is 2.60. The lowest BCUT2D eigenvalue weighted by atomic mass is 9.90. The first kappa shape index (κ1) is 24.8. The molecule has 2 amide bonds. The lowest BCUT2D eigenvalue weighted by Gasteiger charge is -2.29. The average molecular weight is 505 g/mol. The number of hydroxylamine groups is 1. The van der Waals surface area contributed by atoms with Gasteiger partial charge in [-0.15, -0.1) is 0 Å². The van der Waals surface area contributed by atoms with Crippen LogP contribution in [0.4, 0.5) is 15.8 Å². The van der Waals surface area contributed by atoms with E-state index < -0.39 is 35.7 Å². The number of carbonyl (C=O) groups excluding carboxylic acids is 2. The summed E-state index contributed by atoms with van der Waals surface area (Å²) in [5.74, 6) is -0.931. The zero-order valence-corrected chi connectivity index (χ0v) is 20.8. The molecule has 3 aromatic carbocycles. The monoisotopic (exact) mass is 504 g/mol. The van der Waals surface area contributed by atoms with E-state index in [0.29, 0.717) is 30.4 Å². The van der Waals surface area contributed by atoms with Crippen molar-refractivity contribution < 1.29 is 28.3 Å². The van der Waals surface area contributed by atoms with Gasteiger partial charge >= 0.3 is 0 Å². The Labute approximate surface area is 215 Å². The smallest absolute Gasteiger partial charge is 0.266 e. The maximum atomic E-state index is 13.7. The first-order valence-electron chi connectivity index (χ1n) is 12.6. The maximum absolute atomic E-state index is 13.7. The van der Waals surface area contributed by atoms with Gasteiger partial charge in [-0.25, -0.2) is 14.4 Å². The number of nitrogens with zero attached hydrogens (tertiary/aromatic N) is 2. The van der Waals surface area contributed by atoms with E-state index in [-0.39, 0.29) is 0 Å². The Hall–Kier alpha value is -3.91. The van der Waals surface area contributed by atoms with Crippen LogP contribution >= 0.6 is 0 Å². The van der Waals surface area contributed by atoms with Gasteiger partial charge in [0.25, 0.3) is 5.91 Å². The number of halogens is 1. The standard InChI is InChI=1S/C29H29FN2O5/c1-3-5-17-36-23-16-11-19(18-24(23)35-4-2)26-25-27(37-32(26)22-9-7-6-8-10-22)29(34)31(28(25)33)21-14-12-20(30)13-15-21/h6-16,18,25-27H,3-5,17H2,1-2H3/t25-,26-,27-/m1/s1. The summed E-state index contributed by atoms with van der Waals surface area (Å²) in [6, 6.07) is 19.6. The molecule has 0 aromatic heterocycles. The summed E-state index contributed by atoms with van der Waals surface area (Å²) in [6.07, 6.45) is 0.918. The van der Waals surface area contributed by atoms with Crippen molar-refractivity contribution >= 4 is 23.2 Å². The first-order valence-corrected chi connectivity index (χ1v) is 12.6. The number of imide groups is 1. The number of fused-ring (bicyclic) bond motifs is 1. The second kappa shape index (κ2) is 10.6. The molecule has 2 aliphatic heterocycles. The Morgan fingerprint density at radius 3 is 2.32 bits per heavy atom. The molecular weight excluding hydrogens is 475 g/mol. The topological polar surface area (TPSA) is 68.3 Å². The van der Waals surface area contributed by atoms with Crippen LogP contribution in [0.5, 0.6) is 11.5 Å². The molecule has 2 fully saturated rings. The zero-order valence-electron chi connectivity index (χ0n) is 20.8.